The first-order valence-corrected chi connectivity index (χ1v) is 13.8. The van der Waals surface area contributed by atoms with Gasteiger partial charge < -0.3 is 9.30 Å². The first-order valence-electron chi connectivity index (χ1n) is 12.1. The molecule has 4 heterocycles. The monoisotopic (exact) mass is 517 g/mol. The van der Waals surface area contributed by atoms with Crippen molar-refractivity contribution in [2.24, 2.45) is 0 Å². The van der Waals surface area contributed by atoms with Crippen molar-refractivity contribution in [3.8, 4) is 5.00 Å². The van der Waals surface area contributed by atoms with Crippen LogP contribution >= 0.6 is 22.7 Å². The largest absolute Gasteiger partial charge is 0.465 e. The van der Waals surface area contributed by atoms with Crippen LogP contribution in [0.25, 0.3) is 27.1 Å². The molecule has 0 aliphatic heterocycles. The zero-order chi connectivity index (χ0) is 25.3. The number of methoxy groups -OCH3 is 1. The highest BCUT2D eigenvalue weighted by Crippen LogP contribution is 2.39. The molecule has 1 aliphatic rings. The molecule has 0 saturated carbocycles. The van der Waals surface area contributed by atoms with Gasteiger partial charge in [-0.25, -0.2) is 14.2 Å². The molecule has 8 heteroatoms. The van der Waals surface area contributed by atoms with Gasteiger partial charge in [-0.1, -0.05) is 11.3 Å². The Morgan fingerprint density at radius 1 is 1.06 bits per heavy atom. The highest BCUT2D eigenvalue weighted by Gasteiger charge is 2.28. The Labute approximate surface area is 216 Å². The third-order valence-corrected chi connectivity index (χ3v) is 9.60. The maximum absolute atomic E-state index is 13.4. The van der Waals surface area contributed by atoms with E-state index in [4.69, 9.17) is 9.72 Å². The first-order chi connectivity index (χ1) is 17.3. The predicted molar refractivity (Wildman–Crippen MR) is 146 cm³/mol. The van der Waals surface area contributed by atoms with Crippen molar-refractivity contribution in [2.75, 3.05) is 7.11 Å². The molecule has 6 nitrogen and oxygen atoms in total. The van der Waals surface area contributed by atoms with Gasteiger partial charge >= 0.3 is 5.97 Å². The lowest BCUT2D eigenvalue weighted by atomic mass is 9.95. The molecule has 0 unspecified atom stereocenters. The van der Waals surface area contributed by atoms with Crippen LogP contribution < -0.4 is 10.1 Å². The fraction of sp³-hybridized carbons (Fsp3) is 0.321. The Morgan fingerprint density at radius 3 is 2.58 bits per heavy atom. The van der Waals surface area contributed by atoms with Crippen molar-refractivity contribution in [2.45, 2.75) is 53.4 Å². The smallest absolute Gasteiger partial charge is 0.341 e. The van der Waals surface area contributed by atoms with E-state index >= 15 is 0 Å². The number of aryl methyl sites for hydroxylation is 4. The van der Waals surface area contributed by atoms with Crippen LogP contribution in [0.2, 0.25) is 0 Å². The first kappa shape index (κ1) is 23.2. The minimum atomic E-state index is -0.277. The molecule has 36 heavy (non-hydrogen) atoms. The molecular formula is C28H27N3O3S2. The van der Waals surface area contributed by atoms with Gasteiger partial charge in [0.15, 0.2) is 4.96 Å². The van der Waals surface area contributed by atoms with Crippen molar-refractivity contribution in [3.05, 3.63) is 77.2 Å². The van der Waals surface area contributed by atoms with E-state index in [0.717, 1.165) is 69.8 Å². The Bertz CT molecular complexity index is 1820. The minimum Gasteiger partial charge on any atom is -0.465 e. The lowest BCUT2D eigenvalue weighted by molar-refractivity contribution is 0.0600. The van der Waals surface area contributed by atoms with E-state index < -0.39 is 0 Å². The third kappa shape index (κ3) is 3.38. The van der Waals surface area contributed by atoms with Crippen molar-refractivity contribution < 1.29 is 9.53 Å². The van der Waals surface area contributed by atoms with Crippen LogP contribution in [0, 0.1) is 27.7 Å². The number of aromatic nitrogens is 3. The van der Waals surface area contributed by atoms with Gasteiger partial charge in [0, 0.05) is 16.3 Å². The van der Waals surface area contributed by atoms with Gasteiger partial charge in [-0.2, -0.15) is 0 Å². The van der Waals surface area contributed by atoms with Crippen LogP contribution in [0.4, 0.5) is 0 Å². The predicted octanol–water partition coefficient (Wildman–Crippen LogP) is 5.21. The molecule has 5 aromatic rings. The fourth-order valence-electron chi connectivity index (χ4n) is 5.33. The van der Waals surface area contributed by atoms with Gasteiger partial charge in [0.1, 0.15) is 5.00 Å². The van der Waals surface area contributed by atoms with E-state index in [1.807, 2.05) is 32.1 Å². The summed E-state index contributed by atoms with van der Waals surface area (Å²) in [6, 6.07) is 6.17. The molecule has 184 valence electrons. The number of rotatable bonds is 3. The lowest BCUT2D eigenvalue weighted by Crippen LogP contribution is -2.22. The molecule has 0 radical (unpaired) electrons. The van der Waals surface area contributed by atoms with E-state index in [9.17, 15) is 9.59 Å². The zero-order valence-corrected chi connectivity index (χ0v) is 22.7. The van der Waals surface area contributed by atoms with E-state index in [2.05, 4.69) is 24.5 Å². The summed E-state index contributed by atoms with van der Waals surface area (Å²) in [7, 11) is 1.45. The van der Waals surface area contributed by atoms with Gasteiger partial charge in [0.2, 0.25) is 0 Å². The minimum absolute atomic E-state index is 0.0487. The summed E-state index contributed by atoms with van der Waals surface area (Å²) in [4.78, 5) is 33.0. The van der Waals surface area contributed by atoms with Crippen molar-refractivity contribution in [3.63, 3.8) is 0 Å². The Morgan fingerprint density at radius 2 is 1.81 bits per heavy atom. The average molecular weight is 518 g/mol. The molecule has 0 amide bonds. The quantitative estimate of drug-likeness (QED) is 0.308. The summed E-state index contributed by atoms with van der Waals surface area (Å²) >= 11 is 3.11. The Hall–Kier alpha value is -3.23. The number of hydrogen-bond donors (Lipinski definition) is 0. The van der Waals surface area contributed by atoms with Gasteiger partial charge in [0.05, 0.1) is 28.2 Å². The van der Waals surface area contributed by atoms with Gasteiger partial charge in [-0.15, -0.1) is 11.3 Å². The molecule has 0 saturated heterocycles. The lowest BCUT2D eigenvalue weighted by Gasteiger charge is -2.12. The van der Waals surface area contributed by atoms with E-state index in [0.29, 0.717) is 15.1 Å². The number of thiazole rings is 1. The molecular weight excluding hydrogens is 490 g/mol. The molecule has 4 aromatic heterocycles. The van der Waals surface area contributed by atoms with Crippen LogP contribution in [0.15, 0.2) is 23.0 Å². The van der Waals surface area contributed by atoms with Crippen LogP contribution in [0.3, 0.4) is 0 Å². The Balaban J connectivity index is 1.53. The summed E-state index contributed by atoms with van der Waals surface area (Å²) in [6.45, 7) is 8.20. The summed E-state index contributed by atoms with van der Waals surface area (Å²) in [5, 5.41) is 0.920. The maximum atomic E-state index is 13.4. The standard InChI is InChI=1S/C28H27N3O3S2/c1-14-10-20-21(11-15(14)2)31-25(32)23(36-28(31)29-20)13-18-12-16(3)30(17(18)4)26-24(27(33)34-5)19-8-6-7-9-22(19)35-26/h10-13H,6-9H2,1-5H3/b23-13-. The number of carbonyl (C=O) groups excluding carboxylic acids is 1. The number of esters is 1. The summed E-state index contributed by atoms with van der Waals surface area (Å²) in [5.74, 6) is -0.277. The number of benzene rings is 1. The van der Waals surface area contributed by atoms with Crippen LogP contribution in [0.1, 0.15) is 61.7 Å². The molecule has 0 N–H and O–H groups in total. The molecule has 0 bridgehead atoms. The second kappa shape index (κ2) is 8.42. The summed E-state index contributed by atoms with van der Waals surface area (Å²) in [6.07, 6.45) is 6.12. The van der Waals surface area contributed by atoms with Crippen molar-refractivity contribution >= 4 is 50.7 Å². The van der Waals surface area contributed by atoms with E-state index in [1.54, 1.807) is 15.7 Å². The summed E-state index contributed by atoms with van der Waals surface area (Å²) in [5.41, 5.74) is 8.79. The SMILES string of the molecule is COC(=O)c1c(-n2c(C)cc(/C=c3\sc4nc5cc(C)c(C)cc5n4c3=O)c2C)sc2c1CCCC2. The normalized spacial score (nSPS) is 14.2. The number of carbonyl (C=O) groups is 1. The molecule has 0 spiro atoms. The van der Waals surface area contributed by atoms with Crippen molar-refractivity contribution in [1.29, 1.82) is 0 Å². The molecule has 1 aliphatic carbocycles. The van der Waals surface area contributed by atoms with E-state index in [-0.39, 0.29) is 11.5 Å². The van der Waals surface area contributed by atoms with Gasteiger partial charge in [-0.05, 0) is 99.9 Å². The molecule has 1 aromatic carbocycles. The Kier molecular flexibility index (Phi) is 5.42. The zero-order valence-electron chi connectivity index (χ0n) is 21.0. The number of fused-ring (bicyclic) bond motifs is 4. The number of nitrogens with zero attached hydrogens (tertiary/aromatic N) is 3. The number of hydrogen-bond acceptors (Lipinski definition) is 6. The van der Waals surface area contributed by atoms with Gasteiger partial charge in [-0.3, -0.25) is 4.79 Å². The van der Waals surface area contributed by atoms with Crippen LogP contribution in [-0.4, -0.2) is 27.0 Å². The highest BCUT2D eigenvalue weighted by atomic mass is 32.1. The van der Waals surface area contributed by atoms with Crippen molar-refractivity contribution in [1.82, 2.24) is 14.0 Å². The summed E-state index contributed by atoms with van der Waals surface area (Å²) < 4.78 is 9.71. The second-order valence-corrected chi connectivity index (χ2v) is 11.7. The van der Waals surface area contributed by atoms with Gasteiger partial charge in [0.25, 0.3) is 5.56 Å². The molecule has 0 atom stereocenters. The van der Waals surface area contributed by atoms with Crippen LogP contribution in [0.5, 0.6) is 0 Å². The molecule has 6 rings (SSSR count). The maximum Gasteiger partial charge on any atom is 0.341 e. The third-order valence-electron chi connectivity index (χ3n) is 7.36. The molecule has 0 fully saturated rings. The fourth-order valence-corrected chi connectivity index (χ4v) is 7.79. The second-order valence-electron chi connectivity index (χ2n) is 9.62. The average Bonchev–Trinajstić information content (AvgIpc) is 3.55. The van der Waals surface area contributed by atoms with Crippen LogP contribution in [-0.2, 0) is 17.6 Å². The highest BCUT2D eigenvalue weighted by molar-refractivity contribution is 7.15. The number of imidazole rings is 1. The number of ether oxygens (including phenoxy) is 1. The van der Waals surface area contributed by atoms with E-state index in [1.165, 1.54) is 28.9 Å². The number of thiophene rings is 1. The topological polar surface area (TPSA) is 65.6 Å².